The Labute approximate surface area is 96.7 Å². The summed E-state index contributed by atoms with van der Waals surface area (Å²) in [5, 5.41) is 29.0. The molecule has 4 N–H and O–H groups in total. The third-order valence-corrected chi connectivity index (χ3v) is 1.99. The first-order valence-electron chi connectivity index (χ1n) is 4.85. The molecule has 1 amide bonds. The summed E-state index contributed by atoms with van der Waals surface area (Å²) in [4.78, 5) is 25.4. The predicted octanol–water partition coefficient (Wildman–Crippen LogP) is -0.647. The fourth-order valence-corrected chi connectivity index (χ4v) is 1.10. The molecule has 0 unspecified atom stereocenters. The molecule has 1 rings (SSSR count). The van der Waals surface area contributed by atoms with Crippen molar-refractivity contribution >= 4 is 11.9 Å². The molecule has 0 aliphatic rings. The van der Waals surface area contributed by atoms with E-state index in [0.29, 0.717) is 0 Å². The molecule has 1 atom stereocenters. The summed E-state index contributed by atoms with van der Waals surface area (Å²) in [6.45, 7) is -0.0255. The molecular weight excluding hydrogens is 228 g/mol. The van der Waals surface area contributed by atoms with Crippen LogP contribution in [0.15, 0.2) is 18.3 Å². The molecule has 0 saturated carbocycles. The molecule has 1 heterocycles. The molecule has 7 heteroatoms. The first-order chi connectivity index (χ1) is 8.02. The topological polar surface area (TPSA) is 120 Å². The Hall–Kier alpha value is -2.15. The summed E-state index contributed by atoms with van der Waals surface area (Å²) in [7, 11) is 0. The molecular formula is C10H12N2O5. The second kappa shape index (κ2) is 5.80. The highest BCUT2D eigenvalue weighted by Gasteiger charge is 2.15. The average Bonchev–Trinajstić information content (AvgIpc) is 2.29. The van der Waals surface area contributed by atoms with Gasteiger partial charge in [-0.2, -0.15) is 0 Å². The third-order valence-electron chi connectivity index (χ3n) is 1.99. The monoisotopic (exact) mass is 240 g/mol. The highest BCUT2D eigenvalue weighted by Crippen LogP contribution is 2.11. The van der Waals surface area contributed by atoms with E-state index in [4.69, 9.17) is 10.2 Å². The average molecular weight is 240 g/mol. The van der Waals surface area contributed by atoms with Gasteiger partial charge < -0.3 is 20.6 Å². The van der Waals surface area contributed by atoms with Crippen LogP contribution >= 0.6 is 0 Å². The number of carboxylic acids is 1. The minimum Gasteiger partial charge on any atom is -0.505 e. The number of amides is 1. The van der Waals surface area contributed by atoms with E-state index in [2.05, 4.69) is 10.3 Å². The second-order valence-electron chi connectivity index (χ2n) is 3.27. The summed E-state index contributed by atoms with van der Waals surface area (Å²) in [6.07, 6.45) is -0.289. The zero-order valence-electron chi connectivity index (χ0n) is 8.83. The molecule has 0 spiro atoms. The first kappa shape index (κ1) is 12.9. The molecule has 0 aliphatic heterocycles. The Bertz CT molecular complexity index is 421. The summed E-state index contributed by atoms with van der Waals surface area (Å²) in [5.41, 5.74) is -0.141. The number of pyridine rings is 1. The molecule has 92 valence electrons. The number of aromatic nitrogens is 1. The van der Waals surface area contributed by atoms with Crippen molar-refractivity contribution in [3.05, 3.63) is 24.0 Å². The lowest BCUT2D eigenvalue weighted by Crippen LogP contribution is -2.30. The van der Waals surface area contributed by atoms with Gasteiger partial charge in [0.25, 0.3) is 5.91 Å². The smallest absolute Gasteiger partial charge is 0.332 e. The van der Waals surface area contributed by atoms with Gasteiger partial charge in [0.05, 0.1) is 0 Å². The predicted molar refractivity (Wildman–Crippen MR) is 56.5 cm³/mol. The quantitative estimate of drug-likeness (QED) is 0.543. The Morgan fingerprint density at radius 2 is 2.18 bits per heavy atom. The Kier molecular flexibility index (Phi) is 4.41. The number of nitrogens with zero attached hydrogens (tertiary/aromatic N) is 1. The molecule has 1 aromatic heterocycles. The number of aromatic hydroxyl groups is 1. The number of carbonyl (C=O) groups is 2. The summed E-state index contributed by atoms with van der Waals surface area (Å²) < 4.78 is 0. The highest BCUT2D eigenvalue weighted by atomic mass is 16.4. The van der Waals surface area contributed by atoms with Crippen LogP contribution in [0.3, 0.4) is 0 Å². The van der Waals surface area contributed by atoms with Crippen LogP contribution in [0.5, 0.6) is 5.75 Å². The van der Waals surface area contributed by atoms with Crippen molar-refractivity contribution in [2.24, 2.45) is 0 Å². The van der Waals surface area contributed by atoms with Crippen molar-refractivity contribution in [1.29, 1.82) is 0 Å². The van der Waals surface area contributed by atoms with Gasteiger partial charge in [-0.15, -0.1) is 0 Å². The lowest BCUT2D eigenvalue weighted by Gasteiger charge is -2.07. The number of rotatable bonds is 5. The Balaban J connectivity index is 2.46. The fourth-order valence-electron chi connectivity index (χ4n) is 1.10. The van der Waals surface area contributed by atoms with Gasteiger partial charge in [0, 0.05) is 19.2 Å². The van der Waals surface area contributed by atoms with Crippen molar-refractivity contribution in [2.45, 2.75) is 12.5 Å². The van der Waals surface area contributed by atoms with E-state index < -0.39 is 18.0 Å². The number of hydrogen-bond donors (Lipinski definition) is 4. The molecule has 0 aromatic carbocycles. The van der Waals surface area contributed by atoms with Crippen LogP contribution in [0.2, 0.25) is 0 Å². The van der Waals surface area contributed by atoms with Gasteiger partial charge in [0.2, 0.25) is 0 Å². The number of aliphatic carboxylic acids is 1. The molecule has 0 radical (unpaired) electrons. The molecule has 17 heavy (non-hydrogen) atoms. The zero-order valence-corrected chi connectivity index (χ0v) is 8.83. The van der Waals surface area contributed by atoms with Gasteiger partial charge in [0.15, 0.2) is 11.8 Å². The van der Waals surface area contributed by atoms with Gasteiger partial charge in [-0.05, 0) is 12.1 Å². The van der Waals surface area contributed by atoms with E-state index in [9.17, 15) is 14.7 Å². The number of carboxylic acid groups (broad SMARTS) is 1. The summed E-state index contributed by atoms with van der Waals surface area (Å²) >= 11 is 0. The number of carbonyl (C=O) groups excluding carboxylic acids is 1. The minimum atomic E-state index is -1.52. The summed E-state index contributed by atoms with van der Waals surface area (Å²) in [5.74, 6) is -2.23. The number of hydrogen-bond acceptors (Lipinski definition) is 5. The van der Waals surface area contributed by atoms with Crippen molar-refractivity contribution in [3.8, 4) is 5.75 Å². The van der Waals surface area contributed by atoms with Crippen molar-refractivity contribution in [2.75, 3.05) is 6.54 Å². The van der Waals surface area contributed by atoms with Crippen LogP contribution in [0.4, 0.5) is 0 Å². The van der Waals surface area contributed by atoms with Crippen molar-refractivity contribution in [1.82, 2.24) is 10.3 Å². The first-order valence-corrected chi connectivity index (χ1v) is 4.85. The van der Waals surface area contributed by atoms with Crippen LogP contribution in [0.1, 0.15) is 16.9 Å². The van der Waals surface area contributed by atoms with Crippen LogP contribution < -0.4 is 5.32 Å². The van der Waals surface area contributed by atoms with E-state index in [1.54, 1.807) is 0 Å². The maximum absolute atomic E-state index is 11.5. The molecule has 1 aromatic rings. The standard InChI is InChI=1S/C10H12N2O5/c13-6-2-1-4-11-8(6)9(15)12-5-3-7(14)10(16)17/h1-2,4,7,13-14H,3,5H2,(H,12,15)(H,16,17)/t7-/m0/s1. The molecule has 0 saturated heterocycles. The van der Waals surface area contributed by atoms with Crippen LogP contribution in [0, 0.1) is 0 Å². The van der Waals surface area contributed by atoms with Crippen LogP contribution in [-0.2, 0) is 4.79 Å². The third kappa shape index (κ3) is 3.72. The largest absolute Gasteiger partial charge is 0.505 e. The highest BCUT2D eigenvalue weighted by molar-refractivity contribution is 5.94. The van der Waals surface area contributed by atoms with E-state index in [1.807, 2.05) is 0 Å². The Morgan fingerprint density at radius 1 is 1.47 bits per heavy atom. The maximum atomic E-state index is 11.5. The number of aliphatic hydroxyl groups is 1. The molecule has 7 nitrogen and oxygen atoms in total. The van der Waals surface area contributed by atoms with Crippen LogP contribution in [0.25, 0.3) is 0 Å². The van der Waals surface area contributed by atoms with Crippen LogP contribution in [-0.4, -0.2) is 44.8 Å². The maximum Gasteiger partial charge on any atom is 0.332 e. The molecule has 0 aliphatic carbocycles. The molecule has 0 bridgehead atoms. The normalized spacial score (nSPS) is 11.8. The SMILES string of the molecule is O=C(NCC[C@H](O)C(=O)O)c1ncccc1O. The van der Waals surface area contributed by atoms with Gasteiger partial charge in [-0.25, -0.2) is 9.78 Å². The summed E-state index contributed by atoms with van der Waals surface area (Å²) in [6, 6.07) is 2.79. The Morgan fingerprint density at radius 3 is 2.76 bits per heavy atom. The number of aliphatic hydroxyl groups excluding tert-OH is 1. The van der Waals surface area contributed by atoms with E-state index in [-0.39, 0.29) is 24.4 Å². The number of nitrogens with one attached hydrogen (secondary N) is 1. The van der Waals surface area contributed by atoms with Gasteiger partial charge >= 0.3 is 5.97 Å². The van der Waals surface area contributed by atoms with E-state index in [0.717, 1.165) is 0 Å². The van der Waals surface area contributed by atoms with Gasteiger partial charge in [-0.3, -0.25) is 4.79 Å². The lowest BCUT2D eigenvalue weighted by molar-refractivity contribution is -0.146. The van der Waals surface area contributed by atoms with Gasteiger partial charge in [0.1, 0.15) is 5.75 Å². The zero-order chi connectivity index (χ0) is 12.8. The van der Waals surface area contributed by atoms with Crippen molar-refractivity contribution in [3.63, 3.8) is 0 Å². The van der Waals surface area contributed by atoms with Crippen molar-refractivity contribution < 1.29 is 24.9 Å². The second-order valence-corrected chi connectivity index (χ2v) is 3.27. The van der Waals surface area contributed by atoms with E-state index >= 15 is 0 Å². The lowest BCUT2D eigenvalue weighted by atomic mass is 10.2. The fraction of sp³-hybridized carbons (Fsp3) is 0.300. The molecule has 0 fully saturated rings. The van der Waals surface area contributed by atoms with E-state index in [1.165, 1.54) is 18.3 Å². The minimum absolute atomic E-state index is 0.0255. The van der Waals surface area contributed by atoms with Gasteiger partial charge in [-0.1, -0.05) is 0 Å².